The van der Waals surface area contributed by atoms with Crippen LogP contribution in [0.3, 0.4) is 0 Å². The summed E-state index contributed by atoms with van der Waals surface area (Å²) in [5.74, 6) is -0.784. The minimum atomic E-state index is -0.784. The van der Waals surface area contributed by atoms with E-state index in [0.29, 0.717) is 6.54 Å². The minimum absolute atomic E-state index is 0.0444. The van der Waals surface area contributed by atoms with Gasteiger partial charge in [-0.25, -0.2) is 4.98 Å². The van der Waals surface area contributed by atoms with Gasteiger partial charge in [-0.2, -0.15) is 0 Å². The number of thiazole rings is 1. The van der Waals surface area contributed by atoms with Crippen LogP contribution in [-0.4, -0.2) is 33.5 Å². The van der Waals surface area contributed by atoms with Gasteiger partial charge in [0, 0.05) is 16.8 Å². The number of aromatic nitrogens is 1. The van der Waals surface area contributed by atoms with Crippen molar-refractivity contribution < 1.29 is 9.90 Å². The van der Waals surface area contributed by atoms with E-state index in [1.54, 1.807) is 11.3 Å². The minimum Gasteiger partial charge on any atom is -0.480 e. The summed E-state index contributed by atoms with van der Waals surface area (Å²) in [6.45, 7) is 11.2. The average molecular weight is 284 g/mol. The monoisotopic (exact) mass is 284 g/mol. The summed E-state index contributed by atoms with van der Waals surface area (Å²) in [5.41, 5.74) is 1.12. The Balaban J connectivity index is 2.79. The largest absolute Gasteiger partial charge is 0.480 e. The molecular weight excluding hydrogens is 260 g/mol. The van der Waals surface area contributed by atoms with Gasteiger partial charge >= 0.3 is 5.97 Å². The predicted octanol–water partition coefficient (Wildman–Crippen LogP) is 3.13. The molecule has 0 aliphatic carbocycles. The Morgan fingerprint density at radius 2 is 2.16 bits per heavy atom. The first-order valence-electron chi connectivity index (χ1n) is 6.64. The van der Waals surface area contributed by atoms with Gasteiger partial charge in [-0.1, -0.05) is 27.7 Å². The van der Waals surface area contributed by atoms with Gasteiger partial charge in [-0.3, -0.25) is 9.69 Å². The van der Waals surface area contributed by atoms with E-state index >= 15 is 0 Å². The zero-order valence-corrected chi connectivity index (χ0v) is 13.3. The van der Waals surface area contributed by atoms with Crippen molar-refractivity contribution in [3.05, 3.63) is 16.1 Å². The number of hydrogen-bond acceptors (Lipinski definition) is 4. The highest BCUT2D eigenvalue weighted by Gasteiger charge is 2.20. The molecule has 0 aliphatic heterocycles. The first-order valence-corrected chi connectivity index (χ1v) is 7.52. The molecule has 0 aromatic carbocycles. The van der Waals surface area contributed by atoms with Crippen molar-refractivity contribution in [3.63, 3.8) is 0 Å². The summed E-state index contributed by atoms with van der Waals surface area (Å²) in [4.78, 5) is 17.5. The Kier molecular flexibility index (Phi) is 5.50. The van der Waals surface area contributed by atoms with Gasteiger partial charge in [-0.15, -0.1) is 11.3 Å². The molecule has 0 bridgehead atoms. The van der Waals surface area contributed by atoms with E-state index in [4.69, 9.17) is 5.11 Å². The maximum atomic E-state index is 10.9. The van der Waals surface area contributed by atoms with Crippen LogP contribution in [0.25, 0.3) is 0 Å². The second-order valence-electron chi connectivity index (χ2n) is 5.93. The number of carboxylic acid groups (broad SMARTS) is 1. The molecule has 1 heterocycles. The molecule has 0 saturated carbocycles. The van der Waals surface area contributed by atoms with E-state index in [1.807, 2.05) is 4.90 Å². The van der Waals surface area contributed by atoms with Gasteiger partial charge in [0.25, 0.3) is 0 Å². The molecule has 1 atom stereocenters. The number of carbonyl (C=O) groups is 1. The molecule has 108 valence electrons. The smallest absolute Gasteiger partial charge is 0.317 e. The Bertz CT molecular complexity index is 423. The average Bonchev–Trinajstić information content (AvgIpc) is 2.74. The fourth-order valence-corrected chi connectivity index (χ4v) is 2.75. The normalized spacial score (nSPS) is 13.8. The van der Waals surface area contributed by atoms with Crippen LogP contribution in [0.5, 0.6) is 0 Å². The molecule has 0 spiro atoms. The summed E-state index contributed by atoms with van der Waals surface area (Å²) >= 11 is 1.61. The highest BCUT2D eigenvalue weighted by atomic mass is 32.1. The van der Waals surface area contributed by atoms with Crippen LogP contribution < -0.4 is 0 Å². The first kappa shape index (κ1) is 16.1. The number of hydrogen-bond donors (Lipinski definition) is 1. The molecule has 1 rings (SSSR count). The molecule has 0 amide bonds. The van der Waals surface area contributed by atoms with Crippen molar-refractivity contribution >= 4 is 17.3 Å². The fraction of sp³-hybridized carbons (Fsp3) is 0.714. The summed E-state index contributed by atoms with van der Waals surface area (Å²) in [6.07, 6.45) is 0.935. The molecule has 19 heavy (non-hydrogen) atoms. The topological polar surface area (TPSA) is 53.4 Å². The Hall–Kier alpha value is -0.940. The van der Waals surface area contributed by atoms with Crippen molar-refractivity contribution in [2.75, 3.05) is 6.54 Å². The van der Waals surface area contributed by atoms with E-state index in [1.165, 1.54) is 0 Å². The maximum Gasteiger partial charge on any atom is 0.317 e. The van der Waals surface area contributed by atoms with Gasteiger partial charge < -0.3 is 5.11 Å². The molecule has 1 aromatic heterocycles. The molecule has 1 N–H and O–H groups in total. The predicted molar refractivity (Wildman–Crippen MR) is 78.6 cm³/mol. The zero-order chi connectivity index (χ0) is 14.6. The van der Waals surface area contributed by atoms with Crippen LogP contribution in [0.2, 0.25) is 0 Å². The standard InChI is InChI=1S/C14H24N2O2S/c1-6-10(2)16(8-13(17)18)7-12-15-11(9-19-12)14(3,4)5/h9-10H,6-8H2,1-5H3,(H,17,18). The molecular formula is C14H24N2O2S. The van der Waals surface area contributed by atoms with Crippen molar-refractivity contribution in [2.24, 2.45) is 0 Å². The van der Waals surface area contributed by atoms with Crippen LogP contribution in [0.15, 0.2) is 5.38 Å². The highest BCUT2D eigenvalue weighted by molar-refractivity contribution is 7.09. The van der Waals surface area contributed by atoms with Crippen molar-refractivity contribution in [3.8, 4) is 0 Å². The van der Waals surface area contributed by atoms with Crippen LogP contribution in [-0.2, 0) is 16.8 Å². The van der Waals surface area contributed by atoms with Crippen molar-refractivity contribution in [1.29, 1.82) is 0 Å². The third kappa shape index (κ3) is 4.91. The van der Waals surface area contributed by atoms with Gasteiger partial charge in [0.1, 0.15) is 5.01 Å². The van der Waals surface area contributed by atoms with Crippen LogP contribution >= 0.6 is 11.3 Å². The number of aliphatic carboxylic acids is 1. The second kappa shape index (κ2) is 6.48. The van der Waals surface area contributed by atoms with E-state index < -0.39 is 5.97 Å². The first-order chi connectivity index (χ1) is 8.74. The number of rotatable bonds is 6. The molecule has 4 nitrogen and oxygen atoms in total. The molecule has 0 saturated heterocycles. The lowest BCUT2D eigenvalue weighted by Crippen LogP contribution is -2.36. The zero-order valence-electron chi connectivity index (χ0n) is 12.4. The highest BCUT2D eigenvalue weighted by Crippen LogP contribution is 2.24. The lowest BCUT2D eigenvalue weighted by atomic mass is 9.93. The molecule has 5 heteroatoms. The summed E-state index contributed by atoms with van der Waals surface area (Å²) in [6, 6.07) is 0.248. The van der Waals surface area contributed by atoms with Crippen molar-refractivity contribution in [2.45, 2.75) is 59.0 Å². The van der Waals surface area contributed by atoms with Crippen LogP contribution in [0.4, 0.5) is 0 Å². The van der Waals surface area contributed by atoms with E-state index in [-0.39, 0.29) is 18.0 Å². The van der Waals surface area contributed by atoms with Gasteiger partial charge in [0.05, 0.1) is 18.8 Å². The SMILES string of the molecule is CCC(C)N(CC(=O)O)Cc1nc(C(C)(C)C)cs1. The van der Waals surface area contributed by atoms with E-state index in [9.17, 15) is 4.79 Å². The Morgan fingerprint density at radius 3 is 2.58 bits per heavy atom. The molecule has 1 aromatic rings. The number of nitrogens with zero attached hydrogens (tertiary/aromatic N) is 2. The van der Waals surface area contributed by atoms with Crippen LogP contribution in [0, 0.1) is 0 Å². The summed E-state index contributed by atoms with van der Waals surface area (Å²) in [5, 5.41) is 12.0. The second-order valence-corrected chi connectivity index (χ2v) is 6.88. The third-order valence-electron chi connectivity index (χ3n) is 3.21. The van der Waals surface area contributed by atoms with Gasteiger partial charge in [0.2, 0.25) is 0 Å². The summed E-state index contributed by atoms with van der Waals surface area (Å²) < 4.78 is 0. The third-order valence-corrected chi connectivity index (χ3v) is 4.04. The summed E-state index contributed by atoms with van der Waals surface area (Å²) in [7, 11) is 0. The van der Waals surface area contributed by atoms with Gasteiger partial charge in [-0.05, 0) is 13.3 Å². The van der Waals surface area contributed by atoms with Gasteiger partial charge in [0.15, 0.2) is 0 Å². The molecule has 0 aliphatic rings. The molecule has 0 radical (unpaired) electrons. The Labute approximate surface area is 119 Å². The van der Waals surface area contributed by atoms with Crippen LogP contribution in [0.1, 0.15) is 51.7 Å². The number of carboxylic acids is 1. The molecule has 0 fully saturated rings. The van der Waals surface area contributed by atoms with E-state index in [0.717, 1.165) is 17.1 Å². The van der Waals surface area contributed by atoms with Crippen molar-refractivity contribution in [1.82, 2.24) is 9.88 Å². The quantitative estimate of drug-likeness (QED) is 0.872. The van der Waals surface area contributed by atoms with E-state index in [2.05, 4.69) is 45.0 Å². The lowest BCUT2D eigenvalue weighted by Gasteiger charge is -2.25. The maximum absolute atomic E-state index is 10.9. The fourth-order valence-electron chi connectivity index (χ4n) is 1.70. The lowest BCUT2D eigenvalue weighted by molar-refractivity contribution is -0.139. The molecule has 1 unspecified atom stereocenters. The Morgan fingerprint density at radius 1 is 1.53 bits per heavy atom.